The maximum absolute atomic E-state index is 12.9. The molecule has 0 aliphatic carbocycles. The minimum atomic E-state index is -4.44. The molecule has 0 saturated carbocycles. The fourth-order valence-electron chi connectivity index (χ4n) is 2.75. The van der Waals surface area contributed by atoms with E-state index in [9.17, 15) is 18.0 Å². The van der Waals surface area contributed by atoms with Crippen LogP contribution in [0.3, 0.4) is 0 Å². The van der Waals surface area contributed by atoms with Crippen LogP contribution in [0.1, 0.15) is 16.9 Å². The Labute approximate surface area is 192 Å². The van der Waals surface area contributed by atoms with Gasteiger partial charge < -0.3 is 4.42 Å². The highest BCUT2D eigenvalue weighted by Crippen LogP contribution is 2.35. The highest BCUT2D eigenvalue weighted by Gasteiger charge is 2.30. The van der Waals surface area contributed by atoms with E-state index in [2.05, 4.69) is 27.6 Å². The summed E-state index contributed by atoms with van der Waals surface area (Å²) in [4.78, 5) is 16.7. The summed E-state index contributed by atoms with van der Waals surface area (Å²) in [5.41, 5.74) is 0.364. The second kappa shape index (κ2) is 8.24. The summed E-state index contributed by atoms with van der Waals surface area (Å²) in [6, 6.07) is 13.4. The van der Waals surface area contributed by atoms with Crippen molar-refractivity contribution in [2.24, 2.45) is 4.99 Å². The zero-order valence-corrected chi connectivity index (χ0v) is 18.6. The predicted octanol–water partition coefficient (Wildman–Crippen LogP) is 7.28. The van der Waals surface area contributed by atoms with Gasteiger partial charge in [0.25, 0.3) is 0 Å². The van der Waals surface area contributed by atoms with E-state index in [1.165, 1.54) is 18.2 Å². The molecule has 0 fully saturated rings. The molecule has 3 nitrogen and oxygen atoms in total. The number of alkyl halides is 3. The van der Waals surface area contributed by atoms with Gasteiger partial charge in [0.15, 0.2) is 0 Å². The number of rotatable bonds is 3. The van der Waals surface area contributed by atoms with Crippen molar-refractivity contribution in [2.45, 2.75) is 6.18 Å². The average Bonchev–Trinajstić information content (AvgIpc) is 3.30. The second-order valence-electron chi connectivity index (χ2n) is 6.24. The fraction of sp³-hybridized carbons (Fsp3) is 0.0476. The van der Waals surface area contributed by atoms with Gasteiger partial charge >= 0.3 is 6.18 Å². The van der Waals surface area contributed by atoms with E-state index in [0.29, 0.717) is 21.4 Å². The minimum absolute atomic E-state index is 0.176. The van der Waals surface area contributed by atoms with Gasteiger partial charge in [0.1, 0.15) is 22.3 Å². The molecule has 0 unspecified atom stereocenters. The Morgan fingerprint density at radius 1 is 1.10 bits per heavy atom. The molecule has 30 heavy (non-hydrogen) atoms. The Morgan fingerprint density at radius 3 is 2.67 bits per heavy atom. The lowest BCUT2D eigenvalue weighted by Gasteiger charge is -2.07. The van der Waals surface area contributed by atoms with E-state index in [-0.39, 0.29) is 22.1 Å². The Balaban J connectivity index is 1.64. The first-order valence-electron chi connectivity index (χ1n) is 8.46. The van der Waals surface area contributed by atoms with Crippen LogP contribution in [0.25, 0.3) is 17.4 Å². The summed E-state index contributed by atoms with van der Waals surface area (Å²) in [5.74, 6) is 0.570. The van der Waals surface area contributed by atoms with Gasteiger partial charge in [0, 0.05) is 20.8 Å². The molecule has 0 atom stereocenters. The summed E-state index contributed by atoms with van der Waals surface area (Å²) in [6.07, 6.45) is -2.98. The Kier molecular flexibility index (Phi) is 5.82. The molecule has 4 rings (SSSR count). The Hall–Kier alpha value is -2.04. The lowest BCUT2D eigenvalue weighted by molar-refractivity contribution is -0.137. The Bertz CT molecular complexity index is 1220. The first kappa shape index (κ1) is 21.2. The summed E-state index contributed by atoms with van der Waals surface area (Å²) < 4.78 is 45.4. The van der Waals surface area contributed by atoms with Crippen molar-refractivity contribution in [1.29, 1.82) is 0 Å². The SMILES string of the molecule is O=C1SC(c2cc(I)ccc2Cl)=N/C1=C/c1ccc(-c2cccc(C(F)(F)F)c2)o1. The molecule has 2 aromatic carbocycles. The molecule has 1 aliphatic rings. The number of hydrogen-bond donors (Lipinski definition) is 0. The predicted molar refractivity (Wildman–Crippen MR) is 120 cm³/mol. The number of benzene rings is 2. The highest BCUT2D eigenvalue weighted by molar-refractivity contribution is 14.1. The molecule has 0 amide bonds. The quantitative estimate of drug-likeness (QED) is 0.250. The van der Waals surface area contributed by atoms with Crippen LogP contribution < -0.4 is 0 Å². The lowest BCUT2D eigenvalue weighted by Crippen LogP contribution is -2.04. The topological polar surface area (TPSA) is 42.6 Å². The van der Waals surface area contributed by atoms with Crippen LogP contribution in [0.4, 0.5) is 13.2 Å². The fourth-order valence-corrected chi connectivity index (χ4v) is 4.32. The third-order valence-corrected chi connectivity index (χ3v) is 6.06. The van der Waals surface area contributed by atoms with Gasteiger partial charge in [-0.3, -0.25) is 4.79 Å². The van der Waals surface area contributed by atoms with Crippen LogP contribution in [0, 0.1) is 3.57 Å². The smallest absolute Gasteiger partial charge is 0.416 e. The molecule has 0 bridgehead atoms. The molecule has 3 aromatic rings. The normalized spacial score (nSPS) is 15.7. The van der Waals surface area contributed by atoms with Crippen LogP contribution in [0.15, 0.2) is 69.7 Å². The third kappa shape index (κ3) is 4.50. The van der Waals surface area contributed by atoms with Crippen molar-refractivity contribution in [3.8, 4) is 11.3 Å². The van der Waals surface area contributed by atoms with Crippen LogP contribution in [0.2, 0.25) is 5.02 Å². The van der Waals surface area contributed by atoms with E-state index in [4.69, 9.17) is 16.0 Å². The minimum Gasteiger partial charge on any atom is -0.457 e. The van der Waals surface area contributed by atoms with E-state index in [1.807, 2.05) is 12.1 Å². The first-order valence-corrected chi connectivity index (χ1v) is 10.7. The number of hydrogen-bond acceptors (Lipinski definition) is 4. The third-order valence-electron chi connectivity index (χ3n) is 4.16. The van der Waals surface area contributed by atoms with Crippen LogP contribution >= 0.6 is 46.0 Å². The molecule has 1 aromatic heterocycles. The van der Waals surface area contributed by atoms with Crippen LogP contribution in [-0.4, -0.2) is 10.2 Å². The number of carbonyl (C=O) groups excluding carboxylic acids is 1. The molecule has 9 heteroatoms. The highest BCUT2D eigenvalue weighted by atomic mass is 127. The van der Waals surface area contributed by atoms with Gasteiger partial charge in [0.2, 0.25) is 5.12 Å². The maximum atomic E-state index is 12.9. The van der Waals surface area contributed by atoms with Crippen molar-refractivity contribution in [3.63, 3.8) is 0 Å². The monoisotopic (exact) mass is 559 g/mol. The van der Waals surface area contributed by atoms with Gasteiger partial charge in [-0.15, -0.1) is 0 Å². The zero-order chi connectivity index (χ0) is 21.5. The molecule has 2 heterocycles. The molecular weight excluding hydrogens is 550 g/mol. The van der Waals surface area contributed by atoms with Crippen LogP contribution in [-0.2, 0) is 11.0 Å². The summed E-state index contributed by atoms with van der Waals surface area (Å²) in [5, 5.41) is 0.705. The van der Waals surface area contributed by atoms with Crippen molar-refractivity contribution in [2.75, 3.05) is 0 Å². The van der Waals surface area contributed by atoms with Crippen molar-refractivity contribution in [3.05, 3.63) is 85.8 Å². The first-order chi connectivity index (χ1) is 14.2. The summed E-state index contributed by atoms with van der Waals surface area (Å²) in [7, 11) is 0. The van der Waals surface area contributed by atoms with Crippen LogP contribution in [0.5, 0.6) is 0 Å². The van der Waals surface area contributed by atoms with E-state index in [1.54, 1.807) is 18.2 Å². The average molecular weight is 560 g/mol. The van der Waals surface area contributed by atoms with Crippen molar-refractivity contribution >= 4 is 62.2 Å². The number of aliphatic imine (C=N–C) groups is 1. The van der Waals surface area contributed by atoms with E-state index >= 15 is 0 Å². The number of furan rings is 1. The van der Waals surface area contributed by atoms with Gasteiger partial charge in [0.05, 0.1) is 10.6 Å². The zero-order valence-electron chi connectivity index (χ0n) is 14.8. The summed E-state index contributed by atoms with van der Waals surface area (Å²) >= 11 is 9.33. The van der Waals surface area contributed by atoms with E-state index < -0.39 is 11.7 Å². The van der Waals surface area contributed by atoms with Gasteiger partial charge in [-0.2, -0.15) is 13.2 Å². The van der Waals surface area contributed by atoms with Crippen molar-refractivity contribution < 1.29 is 22.4 Å². The van der Waals surface area contributed by atoms with E-state index in [0.717, 1.165) is 27.5 Å². The van der Waals surface area contributed by atoms with Gasteiger partial charge in [-0.1, -0.05) is 23.7 Å². The molecule has 0 saturated heterocycles. The second-order valence-corrected chi connectivity index (χ2v) is 8.86. The number of halogens is 5. The molecular formula is C21H10ClF3INO2S. The Morgan fingerprint density at radius 2 is 1.90 bits per heavy atom. The maximum Gasteiger partial charge on any atom is 0.416 e. The molecule has 0 radical (unpaired) electrons. The van der Waals surface area contributed by atoms with Gasteiger partial charge in [-0.05, 0) is 76.8 Å². The van der Waals surface area contributed by atoms with Gasteiger partial charge in [-0.25, -0.2) is 4.99 Å². The molecule has 152 valence electrons. The number of carbonyl (C=O) groups is 1. The number of thioether (sulfide) groups is 1. The molecule has 0 N–H and O–H groups in total. The molecule has 1 aliphatic heterocycles. The summed E-state index contributed by atoms with van der Waals surface area (Å²) in [6.45, 7) is 0. The standard InChI is InChI=1S/C21H10ClF3INO2S/c22-16-6-4-13(26)9-15(16)19-27-17(20(28)30-19)10-14-5-7-18(29-14)11-2-1-3-12(8-11)21(23,24)25/h1-10H/b17-10+. The van der Waals surface area contributed by atoms with Crippen molar-refractivity contribution in [1.82, 2.24) is 0 Å². The molecule has 0 spiro atoms. The number of nitrogens with zero attached hydrogens (tertiary/aromatic N) is 1. The largest absolute Gasteiger partial charge is 0.457 e. The lowest BCUT2D eigenvalue weighted by atomic mass is 10.1.